The van der Waals surface area contributed by atoms with Crippen molar-refractivity contribution in [3.8, 4) is 11.1 Å². The molecule has 16 heavy (non-hydrogen) atoms. The molecule has 1 atom stereocenters. The van der Waals surface area contributed by atoms with Crippen molar-refractivity contribution in [1.29, 1.82) is 0 Å². The van der Waals surface area contributed by atoms with Crippen LogP contribution in [0.15, 0.2) is 48.7 Å². The van der Waals surface area contributed by atoms with Gasteiger partial charge in [-0.15, -0.1) is 0 Å². The fourth-order valence-electron chi connectivity index (χ4n) is 1.42. The van der Waals surface area contributed by atoms with Gasteiger partial charge in [-0.25, -0.2) is 4.98 Å². The molecule has 0 radical (unpaired) electrons. The molecule has 82 valence electrons. The summed E-state index contributed by atoms with van der Waals surface area (Å²) in [4.78, 5) is 4.27. The molecule has 0 amide bonds. The molecule has 2 aromatic rings. The number of halogens is 1. The van der Waals surface area contributed by atoms with Gasteiger partial charge >= 0.3 is 0 Å². The van der Waals surface area contributed by atoms with Crippen LogP contribution in [-0.2, 0) is 0 Å². The minimum absolute atomic E-state index is 0.275. The zero-order valence-corrected chi connectivity index (χ0v) is 10.2. The molecular weight excluding hydrogens is 266 g/mol. The SMILES string of the molecule is NC(Br)Nc1ccc(-c2ccccc2)cn1. The van der Waals surface area contributed by atoms with Crippen LogP contribution in [0, 0.1) is 0 Å². The Morgan fingerprint density at radius 1 is 1.06 bits per heavy atom. The fraction of sp³-hybridized carbons (Fsp3) is 0.0833. The Bertz CT molecular complexity index is 440. The highest BCUT2D eigenvalue weighted by molar-refractivity contribution is 9.09. The zero-order chi connectivity index (χ0) is 11.4. The molecule has 0 aliphatic carbocycles. The third-order valence-electron chi connectivity index (χ3n) is 2.16. The molecular formula is C12H12BrN3. The van der Waals surface area contributed by atoms with Crippen molar-refractivity contribution in [3.05, 3.63) is 48.7 Å². The summed E-state index contributed by atoms with van der Waals surface area (Å²) < 4.78 is 0. The Morgan fingerprint density at radius 3 is 2.38 bits per heavy atom. The van der Waals surface area contributed by atoms with Crippen LogP contribution < -0.4 is 11.1 Å². The van der Waals surface area contributed by atoms with E-state index in [-0.39, 0.29) is 5.08 Å². The maximum Gasteiger partial charge on any atom is 0.133 e. The van der Waals surface area contributed by atoms with Crippen LogP contribution in [-0.4, -0.2) is 10.1 Å². The van der Waals surface area contributed by atoms with Crippen molar-refractivity contribution in [2.24, 2.45) is 5.73 Å². The highest BCUT2D eigenvalue weighted by atomic mass is 79.9. The lowest BCUT2D eigenvalue weighted by molar-refractivity contribution is 1.06. The monoisotopic (exact) mass is 277 g/mol. The molecule has 4 heteroatoms. The lowest BCUT2D eigenvalue weighted by Crippen LogP contribution is -2.22. The van der Waals surface area contributed by atoms with Gasteiger partial charge in [-0.1, -0.05) is 30.3 Å². The second-order valence-corrected chi connectivity index (χ2v) is 4.33. The van der Waals surface area contributed by atoms with E-state index in [1.165, 1.54) is 0 Å². The van der Waals surface area contributed by atoms with E-state index in [1.54, 1.807) is 0 Å². The van der Waals surface area contributed by atoms with Crippen molar-refractivity contribution in [1.82, 2.24) is 4.98 Å². The number of anilines is 1. The number of aromatic nitrogens is 1. The quantitative estimate of drug-likeness (QED) is 0.515. The molecule has 1 unspecified atom stereocenters. The van der Waals surface area contributed by atoms with Gasteiger partial charge in [0.25, 0.3) is 0 Å². The molecule has 0 aliphatic heterocycles. The average Bonchev–Trinajstić information content (AvgIpc) is 2.30. The first-order chi connectivity index (χ1) is 7.75. The van der Waals surface area contributed by atoms with Gasteiger partial charge in [-0.2, -0.15) is 0 Å². The third kappa shape index (κ3) is 2.81. The van der Waals surface area contributed by atoms with Gasteiger partial charge in [-0.3, -0.25) is 0 Å². The van der Waals surface area contributed by atoms with E-state index in [2.05, 4.69) is 38.4 Å². The highest BCUT2D eigenvalue weighted by Gasteiger charge is 1.99. The summed E-state index contributed by atoms with van der Waals surface area (Å²) in [5.41, 5.74) is 7.79. The largest absolute Gasteiger partial charge is 0.346 e. The first kappa shape index (κ1) is 11.1. The summed E-state index contributed by atoms with van der Waals surface area (Å²) in [6, 6.07) is 14.0. The third-order valence-corrected chi connectivity index (χ3v) is 2.39. The molecule has 3 N–H and O–H groups in total. The van der Waals surface area contributed by atoms with E-state index in [1.807, 2.05) is 36.5 Å². The standard InChI is InChI=1S/C12H12BrN3/c13-12(14)16-11-7-6-10(8-15-11)9-4-2-1-3-5-9/h1-8,12H,14H2,(H,15,16). The molecule has 0 aliphatic rings. The van der Waals surface area contributed by atoms with Gasteiger partial charge in [0.05, 0.1) is 0 Å². The molecule has 0 bridgehead atoms. The Labute approximate surface area is 103 Å². The molecule has 2 rings (SSSR count). The van der Waals surface area contributed by atoms with Crippen LogP contribution in [0.4, 0.5) is 5.82 Å². The summed E-state index contributed by atoms with van der Waals surface area (Å²) in [6.07, 6.45) is 1.83. The second-order valence-electron chi connectivity index (χ2n) is 3.34. The summed E-state index contributed by atoms with van der Waals surface area (Å²) in [6.45, 7) is 0. The molecule has 1 aromatic carbocycles. The molecule has 0 saturated carbocycles. The van der Waals surface area contributed by atoms with Gasteiger partial charge in [-0.05, 0) is 33.6 Å². The number of nitrogens with two attached hydrogens (primary N) is 1. The zero-order valence-electron chi connectivity index (χ0n) is 8.60. The Balaban J connectivity index is 2.20. The second kappa shape index (κ2) is 5.09. The predicted octanol–water partition coefficient (Wildman–Crippen LogP) is 2.80. The number of rotatable bonds is 3. The van der Waals surface area contributed by atoms with Crippen LogP contribution >= 0.6 is 15.9 Å². The highest BCUT2D eigenvalue weighted by Crippen LogP contribution is 2.19. The van der Waals surface area contributed by atoms with Crippen LogP contribution in [0.5, 0.6) is 0 Å². The minimum Gasteiger partial charge on any atom is -0.346 e. The number of nitrogens with zero attached hydrogens (tertiary/aromatic N) is 1. The molecule has 1 heterocycles. The normalized spacial score (nSPS) is 12.1. The average molecular weight is 278 g/mol. The van der Waals surface area contributed by atoms with Gasteiger partial charge in [0.15, 0.2) is 0 Å². The predicted molar refractivity (Wildman–Crippen MR) is 70.2 cm³/mol. The molecule has 1 aromatic heterocycles. The molecule has 3 nitrogen and oxygen atoms in total. The van der Waals surface area contributed by atoms with Crippen molar-refractivity contribution in [2.45, 2.75) is 5.08 Å². The summed E-state index contributed by atoms with van der Waals surface area (Å²) in [7, 11) is 0. The number of pyridine rings is 1. The van der Waals surface area contributed by atoms with Crippen molar-refractivity contribution in [2.75, 3.05) is 5.32 Å². The first-order valence-electron chi connectivity index (χ1n) is 4.93. The minimum atomic E-state index is -0.275. The summed E-state index contributed by atoms with van der Waals surface area (Å²) >= 11 is 3.20. The first-order valence-corrected chi connectivity index (χ1v) is 5.85. The van der Waals surface area contributed by atoms with E-state index in [4.69, 9.17) is 5.73 Å². The van der Waals surface area contributed by atoms with Gasteiger partial charge in [0, 0.05) is 11.8 Å². The van der Waals surface area contributed by atoms with Crippen molar-refractivity contribution >= 4 is 21.7 Å². The Morgan fingerprint density at radius 2 is 1.81 bits per heavy atom. The molecule has 0 fully saturated rings. The molecule has 0 saturated heterocycles. The van der Waals surface area contributed by atoms with Gasteiger partial charge in [0.1, 0.15) is 10.9 Å². The van der Waals surface area contributed by atoms with E-state index < -0.39 is 0 Å². The van der Waals surface area contributed by atoms with Crippen LogP contribution in [0.2, 0.25) is 0 Å². The van der Waals surface area contributed by atoms with E-state index in [0.29, 0.717) is 0 Å². The number of hydrogen-bond donors (Lipinski definition) is 2. The topological polar surface area (TPSA) is 50.9 Å². The maximum absolute atomic E-state index is 5.54. The summed E-state index contributed by atoms with van der Waals surface area (Å²) in [5, 5.41) is 2.69. The maximum atomic E-state index is 5.54. The number of alkyl halides is 1. The Hall–Kier alpha value is -1.39. The van der Waals surface area contributed by atoms with E-state index >= 15 is 0 Å². The summed E-state index contributed by atoms with van der Waals surface area (Å²) in [5.74, 6) is 0.754. The van der Waals surface area contributed by atoms with Gasteiger partial charge in [0.2, 0.25) is 0 Å². The van der Waals surface area contributed by atoms with Crippen molar-refractivity contribution < 1.29 is 0 Å². The van der Waals surface area contributed by atoms with Gasteiger partial charge < -0.3 is 11.1 Å². The van der Waals surface area contributed by atoms with E-state index in [0.717, 1.165) is 16.9 Å². The van der Waals surface area contributed by atoms with Crippen LogP contribution in [0.25, 0.3) is 11.1 Å². The van der Waals surface area contributed by atoms with E-state index in [9.17, 15) is 0 Å². The van der Waals surface area contributed by atoms with Crippen LogP contribution in [0.1, 0.15) is 0 Å². The Kier molecular flexibility index (Phi) is 3.54. The van der Waals surface area contributed by atoms with Crippen LogP contribution in [0.3, 0.4) is 0 Å². The fourth-order valence-corrected chi connectivity index (χ4v) is 1.66. The smallest absolute Gasteiger partial charge is 0.133 e. The molecule has 0 spiro atoms. The number of hydrogen-bond acceptors (Lipinski definition) is 3. The number of benzene rings is 1. The lowest BCUT2D eigenvalue weighted by Gasteiger charge is -2.08. The number of nitrogens with one attached hydrogen (secondary N) is 1. The van der Waals surface area contributed by atoms with Crippen molar-refractivity contribution in [3.63, 3.8) is 0 Å². The lowest BCUT2D eigenvalue weighted by atomic mass is 10.1.